The molecule has 1 aliphatic heterocycles. The van der Waals surface area contributed by atoms with Crippen molar-refractivity contribution in [1.29, 1.82) is 0 Å². The van der Waals surface area contributed by atoms with Crippen molar-refractivity contribution in [2.24, 2.45) is 5.92 Å². The predicted octanol–water partition coefficient (Wildman–Crippen LogP) is -0.991. The average molecular weight is 259 g/mol. The van der Waals surface area contributed by atoms with E-state index in [1.807, 2.05) is 0 Å². The zero-order valence-corrected chi connectivity index (χ0v) is 9.65. The van der Waals surface area contributed by atoms with Gasteiger partial charge in [-0.15, -0.1) is 0 Å². The van der Waals surface area contributed by atoms with Crippen molar-refractivity contribution in [3.63, 3.8) is 0 Å². The molecule has 2 rings (SSSR count). The molecule has 0 aliphatic carbocycles. The van der Waals surface area contributed by atoms with Gasteiger partial charge in [0.2, 0.25) is 0 Å². The molecule has 4 atom stereocenters. The van der Waals surface area contributed by atoms with E-state index in [1.54, 1.807) is 0 Å². The number of nitrogens with two attached hydrogens (primary N) is 1. The molecule has 0 unspecified atom stereocenters. The molecule has 0 spiro atoms. The fourth-order valence-electron chi connectivity index (χ4n) is 1.99. The second kappa shape index (κ2) is 4.30. The van der Waals surface area contributed by atoms with Crippen molar-refractivity contribution >= 4 is 5.82 Å². The molecule has 1 aromatic rings. The number of aromatic nitrogens is 2. The normalized spacial score (nSPS) is 35.9. The Morgan fingerprint density at radius 1 is 1.72 bits per heavy atom. The average Bonchev–Trinajstić information content (AvgIpc) is 2.55. The van der Waals surface area contributed by atoms with E-state index in [0.717, 1.165) is 4.57 Å². The zero-order valence-electron chi connectivity index (χ0n) is 9.65. The summed E-state index contributed by atoms with van der Waals surface area (Å²) in [4.78, 5) is 15.1. The molecule has 0 bridgehead atoms. The summed E-state index contributed by atoms with van der Waals surface area (Å²) in [7, 11) is 0. The number of alkyl halides is 1. The van der Waals surface area contributed by atoms with E-state index in [2.05, 4.69) is 4.98 Å². The van der Waals surface area contributed by atoms with E-state index in [9.17, 15) is 14.3 Å². The van der Waals surface area contributed by atoms with Gasteiger partial charge < -0.3 is 20.7 Å². The highest BCUT2D eigenvalue weighted by molar-refractivity contribution is 5.23. The van der Waals surface area contributed by atoms with Gasteiger partial charge in [0.25, 0.3) is 5.85 Å². The van der Waals surface area contributed by atoms with E-state index in [4.69, 9.17) is 15.6 Å². The first kappa shape index (κ1) is 12.9. The van der Waals surface area contributed by atoms with E-state index in [0.29, 0.717) is 0 Å². The van der Waals surface area contributed by atoms with Crippen LogP contribution in [0, 0.1) is 5.92 Å². The van der Waals surface area contributed by atoms with Crippen LogP contribution in [-0.4, -0.2) is 38.3 Å². The van der Waals surface area contributed by atoms with Crippen molar-refractivity contribution < 1.29 is 19.3 Å². The smallest absolute Gasteiger partial charge is 0.351 e. The van der Waals surface area contributed by atoms with Crippen LogP contribution in [0.2, 0.25) is 0 Å². The number of anilines is 1. The molecule has 0 radical (unpaired) electrons. The Morgan fingerprint density at radius 2 is 2.39 bits per heavy atom. The van der Waals surface area contributed by atoms with E-state index >= 15 is 0 Å². The fourth-order valence-corrected chi connectivity index (χ4v) is 1.99. The van der Waals surface area contributed by atoms with Crippen molar-refractivity contribution in [3.05, 3.63) is 22.7 Å². The number of halogens is 1. The monoisotopic (exact) mass is 259 g/mol. The van der Waals surface area contributed by atoms with Crippen LogP contribution in [0.3, 0.4) is 0 Å². The van der Waals surface area contributed by atoms with Crippen LogP contribution in [0.5, 0.6) is 0 Å². The zero-order chi connectivity index (χ0) is 13.5. The second-order valence-corrected chi connectivity index (χ2v) is 4.30. The number of nitrogen functional groups attached to an aromatic ring is 1. The molecule has 7 nitrogen and oxygen atoms in total. The molecule has 1 saturated heterocycles. The highest BCUT2D eigenvalue weighted by Crippen LogP contribution is 2.41. The molecule has 0 aromatic carbocycles. The Hall–Kier alpha value is -1.51. The summed E-state index contributed by atoms with van der Waals surface area (Å²) in [6, 6.07) is 1.36. The summed E-state index contributed by atoms with van der Waals surface area (Å²) in [5.74, 6) is -3.26. The first-order valence-electron chi connectivity index (χ1n) is 5.39. The highest BCUT2D eigenvalue weighted by Gasteiger charge is 2.54. The highest BCUT2D eigenvalue weighted by atomic mass is 19.2. The number of nitrogens with zero attached hydrogens (tertiary/aromatic N) is 2. The Balaban J connectivity index is 2.38. The quantitative estimate of drug-likeness (QED) is 0.629. The molecule has 100 valence electrons. The molecule has 4 N–H and O–H groups in total. The Bertz CT molecular complexity index is 508. The molecule has 18 heavy (non-hydrogen) atoms. The van der Waals surface area contributed by atoms with Crippen molar-refractivity contribution in [2.75, 3.05) is 12.3 Å². The maximum atomic E-state index is 13.9. The minimum atomic E-state index is -2.58. The molecular weight excluding hydrogens is 245 g/mol. The van der Waals surface area contributed by atoms with E-state index in [1.165, 1.54) is 19.2 Å². The SMILES string of the molecule is C[C@@H]1[C@H](n2ccc(N)nc2=O)O[C@](F)(CO)[C@H]1O. The Kier molecular flexibility index (Phi) is 3.09. The molecule has 0 amide bonds. The maximum absolute atomic E-state index is 13.9. The Morgan fingerprint density at radius 3 is 2.89 bits per heavy atom. The van der Waals surface area contributed by atoms with Gasteiger partial charge in [-0.25, -0.2) is 9.18 Å². The third-order valence-corrected chi connectivity index (χ3v) is 3.05. The largest absolute Gasteiger partial charge is 0.390 e. The fraction of sp³-hybridized carbons (Fsp3) is 0.600. The minimum absolute atomic E-state index is 0.0381. The lowest BCUT2D eigenvalue weighted by Crippen LogP contribution is -2.39. The van der Waals surface area contributed by atoms with Crippen LogP contribution in [0.1, 0.15) is 13.2 Å². The van der Waals surface area contributed by atoms with Gasteiger partial charge in [-0.1, -0.05) is 6.92 Å². The molecule has 8 heteroatoms. The lowest BCUT2D eigenvalue weighted by molar-refractivity contribution is -0.207. The van der Waals surface area contributed by atoms with Gasteiger partial charge in [0.05, 0.1) is 0 Å². The molecule has 0 saturated carbocycles. The predicted molar refractivity (Wildman–Crippen MR) is 59.1 cm³/mol. The third-order valence-electron chi connectivity index (χ3n) is 3.05. The lowest BCUT2D eigenvalue weighted by atomic mass is 10.0. The van der Waals surface area contributed by atoms with Crippen LogP contribution < -0.4 is 11.4 Å². The van der Waals surface area contributed by atoms with Gasteiger partial charge in [-0.2, -0.15) is 4.98 Å². The molecular formula is C10H14FN3O4. The number of hydrogen-bond donors (Lipinski definition) is 3. The van der Waals surface area contributed by atoms with Gasteiger partial charge in [0.1, 0.15) is 24.8 Å². The summed E-state index contributed by atoms with van der Waals surface area (Å²) >= 11 is 0. The van der Waals surface area contributed by atoms with Crippen molar-refractivity contribution in [3.8, 4) is 0 Å². The van der Waals surface area contributed by atoms with Crippen LogP contribution in [-0.2, 0) is 4.74 Å². The van der Waals surface area contributed by atoms with Crippen LogP contribution >= 0.6 is 0 Å². The lowest BCUT2D eigenvalue weighted by Gasteiger charge is -2.20. The van der Waals surface area contributed by atoms with Crippen LogP contribution in [0.25, 0.3) is 0 Å². The Labute approximate surface area is 102 Å². The van der Waals surface area contributed by atoms with Gasteiger partial charge >= 0.3 is 5.69 Å². The summed E-state index contributed by atoms with van der Waals surface area (Å²) in [6.45, 7) is 0.515. The minimum Gasteiger partial charge on any atom is -0.390 e. The van der Waals surface area contributed by atoms with Crippen molar-refractivity contribution in [2.45, 2.75) is 25.1 Å². The third kappa shape index (κ3) is 1.88. The molecule has 2 heterocycles. The summed E-state index contributed by atoms with van der Waals surface area (Å²) in [6.07, 6.45) is -1.27. The first-order valence-corrected chi connectivity index (χ1v) is 5.39. The summed E-state index contributed by atoms with van der Waals surface area (Å²) in [5.41, 5.74) is 4.63. The maximum Gasteiger partial charge on any atom is 0.351 e. The standard InChI is InChI=1S/C10H14FN3O4/c1-5-7(16)10(11,4-15)18-8(5)14-3-2-6(12)13-9(14)17/h2-3,5,7-8,15-16H,4H2,1H3,(H2,12,13,17)/t5-,7-,8+,10+/m0/s1. The number of hydrogen-bond acceptors (Lipinski definition) is 6. The number of ether oxygens (including phenoxy) is 1. The number of rotatable bonds is 2. The molecule has 1 aliphatic rings. The van der Waals surface area contributed by atoms with Crippen molar-refractivity contribution in [1.82, 2.24) is 9.55 Å². The number of aliphatic hydroxyl groups excluding tert-OH is 2. The molecule has 1 aromatic heterocycles. The van der Waals surface area contributed by atoms with Crippen LogP contribution in [0.15, 0.2) is 17.1 Å². The first-order chi connectivity index (χ1) is 8.39. The topological polar surface area (TPSA) is 111 Å². The summed E-state index contributed by atoms with van der Waals surface area (Å²) in [5, 5.41) is 18.6. The van der Waals surface area contributed by atoms with E-state index < -0.39 is 36.4 Å². The van der Waals surface area contributed by atoms with Crippen LogP contribution in [0.4, 0.5) is 10.2 Å². The number of aliphatic hydroxyl groups is 2. The van der Waals surface area contributed by atoms with Gasteiger partial charge in [0, 0.05) is 12.1 Å². The van der Waals surface area contributed by atoms with Gasteiger partial charge in [-0.3, -0.25) is 4.57 Å². The van der Waals surface area contributed by atoms with Gasteiger partial charge in [0.15, 0.2) is 0 Å². The summed E-state index contributed by atoms with van der Waals surface area (Å²) < 4.78 is 19.9. The second-order valence-electron chi connectivity index (χ2n) is 4.30. The van der Waals surface area contributed by atoms with Gasteiger partial charge in [-0.05, 0) is 6.07 Å². The van der Waals surface area contributed by atoms with E-state index in [-0.39, 0.29) is 5.82 Å². The molecule has 1 fully saturated rings.